The zero-order valence-corrected chi connectivity index (χ0v) is 15.5. The molecule has 0 atom stereocenters. The van der Waals surface area contributed by atoms with Crippen LogP contribution in [0.25, 0.3) is 0 Å². The van der Waals surface area contributed by atoms with E-state index in [2.05, 4.69) is 10.1 Å². The number of benzene rings is 3. The molecule has 4 rings (SSSR count). The Hall–Kier alpha value is -3.47. The Morgan fingerprint density at radius 1 is 0.821 bits per heavy atom. The first kappa shape index (κ1) is 17.9. The molecule has 3 aromatic carbocycles. The Morgan fingerprint density at radius 2 is 1.25 bits per heavy atom. The summed E-state index contributed by atoms with van der Waals surface area (Å²) in [4.78, 5) is 10.5. The standard InChI is InChI=1S/C23H20FN3O/c1-28-26-21-17-27(22(24)25-21)23(18-11-5-2-6-12-18,19-13-7-3-8-14-19)20-15-9-4-10-16-20/h2-16H,17H2,1H3. The van der Waals surface area contributed by atoms with E-state index in [-0.39, 0.29) is 6.54 Å². The van der Waals surface area contributed by atoms with Crippen LogP contribution in [0.5, 0.6) is 0 Å². The van der Waals surface area contributed by atoms with E-state index in [0.29, 0.717) is 5.84 Å². The van der Waals surface area contributed by atoms with Gasteiger partial charge in [-0.25, -0.2) is 0 Å². The van der Waals surface area contributed by atoms with E-state index in [9.17, 15) is 0 Å². The molecule has 5 heteroatoms. The lowest BCUT2D eigenvalue weighted by atomic mass is 9.75. The second-order valence-electron chi connectivity index (χ2n) is 6.47. The number of halogens is 1. The average Bonchev–Trinajstić information content (AvgIpc) is 3.12. The third kappa shape index (κ3) is 2.95. The molecular weight excluding hydrogens is 353 g/mol. The normalized spacial score (nSPS) is 15.6. The topological polar surface area (TPSA) is 37.2 Å². The summed E-state index contributed by atoms with van der Waals surface area (Å²) in [5, 5.41) is 3.87. The lowest BCUT2D eigenvalue weighted by molar-refractivity contribution is 0.210. The van der Waals surface area contributed by atoms with Gasteiger partial charge in [-0.05, 0) is 16.7 Å². The molecule has 140 valence electrons. The van der Waals surface area contributed by atoms with Crippen LogP contribution in [0.4, 0.5) is 4.39 Å². The summed E-state index contributed by atoms with van der Waals surface area (Å²) >= 11 is 0. The quantitative estimate of drug-likeness (QED) is 0.373. The zero-order valence-electron chi connectivity index (χ0n) is 15.5. The Bertz CT molecular complexity index is 891. The van der Waals surface area contributed by atoms with Crippen molar-refractivity contribution >= 4 is 11.9 Å². The van der Waals surface area contributed by atoms with Crippen LogP contribution in [0.3, 0.4) is 0 Å². The molecule has 1 heterocycles. The first-order valence-corrected chi connectivity index (χ1v) is 9.05. The summed E-state index contributed by atoms with van der Waals surface area (Å²) in [7, 11) is 1.43. The highest BCUT2D eigenvalue weighted by Gasteiger charge is 2.46. The van der Waals surface area contributed by atoms with E-state index in [0.717, 1.165) is 16.7 Å². The third-order valence-corrected chi connectivity index (χ3v) is 4.92. The van der Waals surface area contributed by atoms with Gasteiger partial charge in [-0.3, -0.25) is 0 Å². The van der Waals surface area contributed by atoms with Crippen LogP contribution in [0.2, 0.25) is 0 Å². The Morgan fingerprint density at radius 3 is 1.64 bits per heavy atom. The maximum absolute atomic E-state index is 15.3. The number of oxime groups is 1. The van der Waals surface area contributed by atoms with Gasteiger partial charge in [-0.1, -0.05) is 96.2 Å². The second-order valence-corrected chi connectivity index (χ2v) is 6.47. The van der Waals surface area contributed by atoms with Crippen LogP contribution < -0.4 is 0 Å². The molecule has 28 heavy (non-hydrogen) atoms. The number of aliphatic imine (C=N–C) groups is 1. The highest BCUT2D eigenvalue weighted by molar-refractivity contribution is 6.01. The molecule has 0 bridgehead atoms. The summed E-state index contributed by atoms with van der Waals surface area (Å²) < 4.78 is 15.3. The van der Waals surface area contributed by atoms with Crippen molar-refractivity contribution in [2.75, 3.05) is 13.7 Å². The minimum atomic E-state index is -0.900. The summed E-state index contributed by atoms with van der Waals surface area (Å²) in [6.45, 7) is 0.193. The van der Waals surface area contributed by atoms with Gasteiger partial charge in [-0.2, -0.15) is 9.38 Å². The molecule has 3 aromatic rings. The van der Waals surface area contributed by atoms with E-state index in [4.69, 9.17) is 4.84 Å². The van der Waals surface area contributed by atoms with Gasteiger partial charge in [0.15, 0.2) is 5.84 Å². The molecule has 0 unspecified atom stereocenters. The second kappa shape index (κ2) is 7.64. The van der Waals surface area contributed by atoms with Crippen LogP contribution in [-0.4, -0.2) is 30.5 Å². The summed E-state index contributed by atoms with van der Waals surface area (Å²) in [5.74, 6) is 0.298. The molecule has 0 fully saturated rings. The number of hydrogen-bond acceptors (Lipinski definition) is 3. The van der Waals surface area contributed by atoms with E-state index >= 15 is 4.39 Å². The van der Waals surface area contributed by atoms with E-state index < -0.39 is 11.6 Å². The fourth-order valence-corrected chi connectivity index (χ4v) is 3.83. The molecule has 0 amide bonds. The van der Waals surface area contributed by atoms with Crippen molar-refractivity contribution in [1.29, 1.82) is 0 Å². The molecule has 0 spiro atoms. The Labute approximate surface area is 163 Å². The summed E-state index contributed by atoms with van der Waals surface area (Å²) in [6, 6.07) is 29.7. The molecule has 0 N–H and O–H groups in total. The molecule has 0 radical (unpaired) electrons. The largest absolute Gasteiger partial charge is 0.398 e. The van der Waals surface area contributed by atoms with Crippen LogP contribution in [0, 0.1) is 0 Å². The van der Waals surface area contributed by atoms with Gasteiger partial charge >= 0.3 is 0 Å². The van der Waals surface area contributed by atoms with E-state index in [1.165, 1.54) is 7.11 Å². The maximum atomic E-state index is 15.3. The fraction of sp³-hybridized carbons (Fsp3) is 0.130. The number of amidine groups is 2. The molecule has 4 nitrogen and oxygen atoms in total. The predicted molar refractivity (Wildman–Crippen MR) is 109 cm³/mol. The number of rotatable bonds is 5. The average molecular weight is 373 g/mol. The van der Waals surface area contributed by atoms with Gasteiger partial charge in [0.1, 0.15) is 12.6 Å². The van der Waals surface area contributed by atoms with Crippen LogP contribution in [-0.2, 0) is 10.4 Å². The molecule has 0 saturated carbocycles. The van der Waals surface area contributed by atoms with Crippen molar-refractivity contribution in [2.24, 2.45) is 10.1 Å². The van der Waals surface area contributed by atoms with Crippen LogP contribution in [0.1, 0.15) is 16.7 Å². The minimum Gasteiger partial charge on any atom is -0.398 e. The maximum Gasteiger partial charge on any atom is 0.288 e. The third-order valence-electron chi connectivity index (χ3n) is 4.92. The molecule has 0 saturated heterocycles. The smallest absolute Gasteiger partial charge is 0.288 e. The van der Waals surface area contributed by atoms with Gasteiger partial charge in [0.2, 0.25) is 0 Å². The number of nitrogens with zero attached hydrogens (tertiary/aromatic N) is 3. The van der Waals surface area contributed by atoms with Gasteiger partial charge in [0.05, 0.1) is 6.54 Å². The first-order chi connectivity index (χ1) is 13.8. The predicted octanol–water partition coefficient (Wildman–Crippen LogP) is 4.58. The zero-order chi connectivity index (χ0) is 19.4. The van der Waals surface area contributed by atoms with Crippen molar-refractivity contribution in [3.63, 3.8) is 0 Å². The highest BCUT2D eigenvalue weighted by atomic mass is 19.1. The summed E-state index contributed by atoms with van der Waals surface area (Å²) in [5.41, 5.74) is 1.92. The Balaban J connectivity index is 2.03. The van der Waals surface area contributed by atoms with Crippen LogP contribution >= 0.6 is 0 Å². The van der Waals surface area contributed by atoms with E-state index in [1.54, 1.807) is 4.90 Å². The lowest BCUT2D eigenvalue weighted by Crippen LogP contribution is -2.49. The van der Waals surface area contributed by atoms with Gasteiger partial charge < -0.3 is 9.74 Å². The van der Waals surface area contributed by atoms with Crippen molar-refractivity contribution in [2.45, 2.75) is 5.54 Å². The molecular formula is C23H20FN3O. The SMILES string of the molecule is CON=C1CN(C(c2ccccc2)(c2ccccc2)c2ccccc2)C(F)=N1. The molecule has 1 aliphatic heterocycles. The van der Waals surface area contributed by atoms with Crippen molar-refractivity contribution in [3.05, 3.63) is 108 Å². The lowest BCUT2D eigenvalue weighted by Gasteiger charge is -2.43. The minimum absolute atomic E-state index is 0.193. The first-order valence-electron chi connectivity index (χ1n) is 9.05. The fourth-order valence-electron chi connectivity index (χ4n) is 3.83. The van der Waals surface area contributed by atoms with Gasteiger partial charge in [0.25, 0.3) is 6.09 Å². The van der Waals surface area contributed by atoms with Crippen molar-refractivity contribution in [3.8, 4) is 0 Å². The van der Waals surface area contributed by atoms with Gasteiger partial charge in [-0.15, -0.1) is 0 Å². The molecule has 0 aliphatic carbocycles. The molecule has 0 aromatic heterocycles. The molecule has 1 aliphatic rings. The number of hydrogen-bond donors (Lipinski definition) is 0. The Kier molecular flexibility index (Phi) is 4.89. The van der Waals surface area contributed by atoms with Crippen LogP contribution in [0.15, 0.2) is 101 Å². The highest BCUT2D eigenvalue weighted by Crippen LogP contribution is 2.43. The van der Waals surface area contributed by atoms with Crippen molar-refractivity contribution < 1.29 is 9.23 Å². The van der Waals surface area contributed by atoms with E-state index in [1.807, 2.05) is 91.0 Å². The van der Waals surface area contributed by atoms with Crippen molar-refractivity contribution in [1.82, 2.24) is 4.90 Å². The van der Waals surface area contributed by atoms with Gasteiger partial charge in [0, 0.05) is 0 Å². The summed E-state index contributed by atoms with van der Waals surface area (Å²) in [6.07, 6.45) is -0.590. The monoisotopic (exact) mass is 373 g/mol.